The topological polar surface area (TPSA) is 30.9 Å². The zero-order valence-electron chi connectivity index (χ0n) is 12.0. The van der Waals surface area contributed by atoms with Gasteiger partial charge in [-0.15, -0.1) is 0 Å². The molecule has 0 spiro atoms. The van der Waals surface area contributed by atoms with Crippen LogP contribution in [0.15, 0.2) is 6.07 Å². The third-order valence-electron chi connectivity index (χ3n) is 5.21. The Bertz CT molecular complexity index is 456. The summed E-state index contributed by atoms with van der Waals surface area (Å²) in [6.45, 7) is 7.12. The van der Waals surface area contributed by atoms with Gasteiger partial charge < -0.3 is 10.3 Å². The summed E-state index contributed by atoms with van der Waals surface area (Å²) in [4.78, 5) is 0. The van der Waals surface area contributed by atoms with Gasteiger partial charge >= 0.3 is 0 Å². The number of hydrogen-bond donors (Lipinski definition) is 1. The highest BCUT2D eigenvalue weighted by Gasteiger charge is 2.38. The molecule has 0 saturated heterocycles. The quantitative estimate of drug-likeness (QED) is 0.801. The van der Waals surface area contributed by atoms with Crippen molar-refractivity contribution in [3.8, 4) is 0 Å². The molecule has 0 aromatic carbocycles. The SMILES string of the molecule is Cc1cc2c(n1C1CCCC1(C)C)CCCC2N. The monoisotopic (exact) mass is 246 g/mol. The Morgan fingerprint density at radius 2 is 2.06 bits per heavy atom. The summed E-state index contributed by atoms with van der Waals surface area (Å²) in [6.07, 6.45) is 7.70. The summed E-state index contributed by atoms with van der Waals surface area (Å²) in [6, 6.07) is 3.32. The van der Waals surface area contributed by atoms with Crippen LogP contribution in [0.5, 0.6) is 0 Å². The molecule has 2 unspecified atom stereocenters. The molecule has 2 N–H and O–H groups in total. The average molecular weight is 246 g/mol. The maximum atomic E-state index is 6.28. The van der Waals surface area contributed by atoms with E-state index in [1.54, 1.807) is 5.69 Å². The Kier molecular flexibility index (Phi) is 2.81. The lowest BCUT2D eigenvalue weighted by Crippen LogP contribution is -2.26. The van der Waals surface area contributed by atoms with Gasteiger partial charge in [0.05, 0.1) is 0 Å². The van der Waals surface area contributed by atoms with E-state index >= 15 is 0 Å². The van der Waals surface area contributed by atoms with Gasteiger partial charge in [0.15, 0.2) is 0 Å². The molecule has 100 valence electrons. The maximum absolute atomic E-state index is 6.28. The van der Waals surface area contributed by atoms with Crippen molar-refractivity contribution in [3.05, 3.63) is 23.0 Å². The van der Waals surface area contributed by atoms with Crippen LogP contribution in [-0.4, -0.2) is 4.57 Å². The minimum atomic E-state index is 0.276. The van der Waals surface area contributed by atoms with E-state index in [1.165, 1.54) is 43.4 Å². The zero-order valence-corrected chi connectivity index (χ0v) is 12.0. The first kappa shape index (κ1) is 12.3. The normalized spacial score (nSPS) is 30.4. The van der Waals surface area contributed by atoms with Gasteiger partial charge in [-0.05, 0) is 56.1 Å². The van der Waals surface area contributed by atoms with Crippen molar-refractivity contribution in [1.82, 2.24) is 4.57 Å². The maximum Gasteiger partial charge on any atom is 0.0386 e. The number of nitrogens with zero attached hydrogens (tertiary/aromatic N) is 1. The summed E-state index contributed by atoms with van der Waals surface area (Å²) in [5.41, 5.74) is 11.1. The van der Waals surface area contributed by atoms with E-state index in [-0.39, 0.29) is 6.04 Å². The number of aromatic nitrogens is 1. The predicted octanol–water partition coefficient (Wildman–Crippen LogP) is 3.88. The van der Waals surface area contributed by atoms with E-state index < -0.39 is 0 Å². The fraction of sp³-hybridized carbons (Fsp3) is 0.750. The summed E-state index contributed by atoms with van der Waals surface area (Å²) in [5.74, 6) is 0. The number of hydrogen-bond acceptors (Lipinski definition) is 1. The van der Waals surface area contributed by atoms with Gasteiger partial charge in [-0.3, -0.25) is 0 Å². The van der Waals surface area contributed by atoms with Gasteiger partial charge in [0.1, 0.15) is 0 Å². The van der Waals surface area contributed by atoms with Crippen LogP contribution in [0.1, 0.15) is 75.0 Å². The third-order valence-corrected chi connectivity index (χ3v) is 5.21. The first-order valence-corrected chi connectivity index (χ1v) is 7.47. The van der Waals surface area contributed by atoms with Gasteiger partial charge in [-0.1, -0.05) is 20.3 Å². The van der Waals surface area contributed by atoms with E-state index in [9.17, 15) is 0 Å². The minimum absolute atomic E-state index is 0.276. The molecule has 2 heteroatoms. The molecule has 18 heavy (non-hydrogen) atoms. The van der Waals surface area contributed by atoms with E-state index in [4.69, 9.17) is 5.73 Å². The molecule has 0 aliphatic heterocycles. The Hall–Kier alpha value is -0.760. The predicted molar refractivity (Wildman–Crippen MR) is 75.7 cm³/mol. The second-order valence-electron chi connectivity index (χ2n) is 6.95. The molecule has 1 heterocycles. The fourth-order valence-electron chi connectivity index (χ4n) is 4.18. The number of rotatable bonds is 1. The van der Waals surface area contributed by atoms with Crippen LogP contribution in [0.3, 0.4) is 0 Å². The van der Waals surface area contributed by atoms with Crippen molar-refractivity contribution < 1.29 is 0 Å². The van der Waals surface area contributed by atoms with Crippen LogP contribution in [-0.2, 0) is 6.42 Å². The van der Waals surface area contributed by atoms with Crippen molar-refractivity contribution in [2.24, 2.45) is 11.1 Å². The highest BCUT2D eigenvalue weighted by atomic mass is 15.1. The molecule has 2 aliphatic carbocycles. The molecular weight excluding hydrogens is 220 g/mol. The second kappa shape index (κ2) is 4.12. The Labute approximate surface area is 111 Å². The Morgan fingerprint density at radius 3 is 2.72 bits per heavy atom. The lowest BCUT2D eigenvalue weighted by atomic mass is 9.86. The standard InChI is InChI=1S/C16H26N2/c1-11-10-12-13(17)6-4-7-14(12)18(11)15-8-5-9-16(15,2)3/h10,13,15H,4-9,17H2,1-3H3. The van der Waals surface area contributed by atoms with Crippen LogP contribution in [0.2, 0.25) is 0 Å². The van der Waals surface area contributed by atoms with E-state index in [0.717, 1.165) is 6.42 Å². The van der Waals surface area contributed by atoms with Gasteiger partial charge in [0, 0.05) is 23.5 Å². The number of aryl methyl sites for hydroxylation is 1. The molecule has 2 nitrogen and oxygen atoms in total. The highest BCUT2D eigenvalue weighted by molar-refractivity contribution is 5.33. The van der Waals surface area contributed by atoms with Crippen molar-refractivity contribution >= 4 is 0 Å². The average Bonchev–Trinajstić information content (AvgIpc) is 2.79. The molecule has 1 saturated carbocycles. The lowest BCUT2D eigenvalue weighted by Gasteiger charge is -2.33. The Balaban J connectivity index is 2.07. The van der Waals surface area contributed by atoms with Gasteiger partial charge in [0.2, 0.25) is 0 Å². The first-order valence-electron chi connectivity index (χ1n) is 7.47. The van der Waals surface area contributed by atoms with Crippen LogP contribution in [0.25, 0.3) is 0 Å². The molecule has 3 rings (SSSR count). The first-order chi connectivity index (χ1) is 8.50. The van der Waals surface area contributed by atoms with Crippen LogP contribution < -0.4 is 5.73 Å². The fourth-order valence-corrected chi connectivity index (χ4v) is 4.18. The molecule has 0 radical (unpaired) electrons. The summed E-state index contributed by atoms with van der Waals surface area (Å²) < 4.78 is 2.64. The smallest absolute Gasteiger partial charge is 0.0386 e. The lowest BCUT2D eigenvalue weighted by molar-refractivity contribution is 0.252. The number of nitrogens with two attached hydrogens (primary N) is 1. The third kappa shape index (κ3) is 1.73. The van der Waals surface area contributed by atoms with Crippen LogP contribution in [0, 0.1) is 12.3 Å². The van der Waals surface area contributed by atoms with Crippen LogP contribution in [0.4, 0.5) is 0 Å². The molecule has 0 bridgehead atoms. The van der Waals surface area contributed by atoms with E-state index in [1.807, 2.05) is 0 Å². The van der Waals surface area contributed by atoms with Crippen molar-refractivity contribution in [1.29, 1.82) is 0 Å². The van der Waals surface area contributed by atoms with Crippen molar-refractivity contribution in [2.75, 3.05) is 0 Å². The Morgan fingerprint density at radius 1 is 1.28 bits per heavy atom. The molecule has 2 atom stereocenters. The molecule has 2 aliphatic rings. The van der Waals surface area contributed by atoms with E-state index in [0.29, 0.717) is 11.5 Å². The molecular formula is C16H26N2. The minimum Gasteiger partial charge on any atom is -0.345 e. The highest BCUT2D eigenvalue weighted by Crippen LogP contribution is 2.48. The number of fused-ring (bicyclic) bond motifs is 1. The zero-order chi connectivity index (χ0) is 12.9. The molecule has 0 amide bonds. The van der Waals surface area contributed by atoms with Gasteiger partial charge in [-0.25, -0.2) is 0 Å². The van der Waals surface area contributed by atoms with Crippen molar-refractivity contribution in [2.45, 2.75) is 71.4 Å². The molecule has 1 aromatic heterocycles. The second-order valence-corrected chi connectivity index (χ2v) is 6.95. The van der Waals surface area contributed by atoms with Gasteiger partial charge in [-0.2, -0.15) is 0 Å². The largest absolute Gasteiger partial charge is 0.345 e. The van der Waals surface area contributed by atoms with Gasteiger partial charge in [0.25, 0.3) is 0 Å². The summed E-state index contributed by atoms with van der Waals surface area (Å²) in [7, 11) is 0. The van der Waals surface area contributed by atoms with Crippen LogP contribution >= 0.6 is 0 Å². The summed E-state index contributed by atoms with van der Waals surface area (Å²) >= 11 is 0. The van der Waals surface area contributed by atoms with E-state index in [2.05, 4.69) is 31.4 Å². The summed E-state index contributed by atoms with van der Waals surface area (Å²) in [5, 5.41) is 0. The van der Waals surface area contributed by atoms with Crippen molar-refractivity contribution in [3.63, 3.8) is 0 Å². The molecule has 1 aromatic rings. The molecule has 1 fully saturated rings.